The topological polar surface area (TPSA) is 78.4 Å². The molecule has 0 saturated carbocycles. The van der Waals surface area contributed by atoms with Gasteiger partial charge in [0.2, 0.25) is 0 Å². The van der Waals surface area contributed by atoms with E-state index in [2.05, 4.69) is 0 Å². The smallest absolute Gasteiger partial charge is 0.292 e. The van der Waals surface area contributed by atoms with Crippen LogP contribution in [0.15, 0.2) is 18.2 Å². The van der Waals surface area contributed by atoms with Crippen LogP contribution in [0.3, 0.4) is 0 Å². The number of rotatable bonds is 4. The summed E-state index contributed by atoms with van der Waals surface area (Å²) in [4.78, 5) is 10.1. The predicted octanol–water partition coefficient (Wildman–Crippen LogP) is 2.10. The number of nitrogen functional groups attached to an aromatic ring is 1. The molecule has 0 aliphatic carbocycles. The van der Waals surface area contributed by atoms with E-state index in [0.29, 0.717) is 6.61 Å². The minimum Gasteiger partial charge on any atom is -0.393 e. The van der Waals surface area contributed by atoms with Crippen molar-refractivity contribution < 1.29 is 9.66 Å². The number of nitro groups is 1. The van der Waals surface area contributed by atoms with E-state index in [9.17, 15) is 10.1 Å². The lowest BCUT2D eigenvalue weighted by Gasteiger charge is -2.07. The first-order valence-corrected chi connectivity index (χ1v) is 4.65. The maximum atomic E-state index is 10.6. The van der Waals surface area contributed by atoms with Crippen molar-refractivity contribution in [1.29, 1.82) is 0 Å². The number of hydrogen-bond donors (Lipinski definition) is 1. The van der Waals surface area contributed by atoms with Gasteiger partial charge in [-0.2, -0.15) is 0 Å². The van der Waals surface area contributed by atoms with Gasteiger partial charge in [-0.05, 0) is 25.5 Å². The molecule has 0 bridgehead atoms. The van der Waals surface area contributed by atoms with E-state index >= 15 is 0 Å². The van der Waals surface area contributed by atoms with Gasteiger partial charge >= 0.3 is 0 Å². The summed E-state index contributed by atoms with van der Waals surface area (Å²) >= 11 is 0. The zero-order chi connectivity index (χ0) is 11.4. The molecular formula is C10H14N2O3. The van der Waals surface area contributed by atoms with Crippen molar-refractivity contribution in [2.45, 2.75) is 26.6 Å². The molecule has 0 atom stereocenters. The second-order valence-electron chi connectivity index (χ2n) is 3.51. The van der Waals surface area contributed by atoms with Crippen molar-refractivity contribution in [1.82, 2.24) is 0 Å². The quantitative estimate of drug-likeness (QED) is 0.469. The van der Waals surface area contributed by atoms with Gasteiger partial charge < -0.3 is 10.5 Å². The summed E-state index contributed by atoms with van der Waals surface area (Å²) in [6.45, 7) is 4.18. The largest absolute Gasteiger partial charge is 0.393 e. The Kier molecular flexibility index (Phi) is 3.62. The SMILES string of the molecule is CC(C)OCc1ccc(N)c([N+](=O)[O-])c1. The summed E-state index contributed by atoms with van der Waals surface area (Å²) < 4.78 is 5.34. The first-order valence-electron chi connectivity index (χ1n) is 4.65. The summed E-state index contributed by atoms with van der Waals surface area (Å²) in [7, 11) is 0. The molecule has 0 radical (unpaired) electrons. The van der Waals surface area contributed by atoms with Crippen LogP contribution in [0.2, 0.25) is 0 Å². The molecule has 0 saturated heterocycles. The molecule has 15 heavy (non-hydrogen) atoms. The minimum absolute atomic E-state index is 0.0696. The van der Waals surface area contributed by atoms with Crippen LogP contribution in [-0.4, -0.2) is 11.0 Å². The molecule has 0 aliphatic heterocycles. The summed E-state index contributed by atoms with van der Waals surface area (Å²) in [6.07, 6.45) is 0.0987. The lowest BCUT2D eigenvalue weighted by atomic mass is 10.2. The summed E-state index contributed by atoms with van der Waals surface area (Å²) in [5, 5.41) is 10.6. The van der Waals surface area contributed by atoms with Crippen molar-refractivity contribution in [2.75, 3.05) is 5.73 Å². The first kappa shape index (κ1) is 11.5. The molecule has 5 heteroatoms. The average Bonchev–Trinajstić information content (AvgIpc) is 2.16. The maximum Gasteiger partial charge on any atom is 0.292 e. The molecule has 0 unspecified atom stereocenters. The van der Waals surface area contributed by atoms with Crippen LogP contribution >= 0.6 is 0 Å². The molecule has 0 amide bonds. The van der Waals surface area contributed by atoms with Crippen LogP contribution in [0.4, 0.5) is 11.4 Å². The third kappa shape index (κ3) is 3.21. The fraction of sp³-hybridized carbons (Fsp3) is 0.400. The molecule has 82 valence electrons. The maximum absolute atomic E-state index is 10.6. The average molecular weight is 210 g/mol. The highest BCUT2D eigenvalue weighted by molar-refractivity contribution is 5.59. The zero-order valence-electron chi connectivity index (χ0n) is 8.77. The molecule has 0 fully saturated rings. The number of benzene rings is 1. The fourth-order valence-corrected chi connectivity index (χ4v) is 1.10. The Labute approximate surface area is 88.0 Å². The first-order chi connectivity index (χ1) is 7.00. The molecule has 5 nitrogen and oxygen atoms in total. The van der Waals surface area contributed by atoms with Crippen LogP contribution in [-0.2, 0) is 11.3 Å². The second kappa shape index (κ2) is 4.75. The highest BCUT2D eigenvalue weighted by atomic mass is 16.6. The van der Waals surface area contributed by atoms with Gasteiger partial charge in [0.05, 0.1) is 17.6 Å². The Hall–Kier alpha value is -1.62. The third-order valence-corrected chi connectivity index (χ3v) is 1.87. The van der Waals surface area contributed by atoms with E-state index in [1.807, 2.05) is 13.8 Å². The lowest BCUT2D eigenvalue weighted by Crippen LogP contribution is -2.03. The van der Waals surface area contributed by atoms with Gasteiger partial charge in [-0.15, -0.1) is 0 Å². The normalized spacial score (nSPS) is 10.6. The van der Waals surface area contributed by atoms with Crippen molar-refractivity contribution in [3.63, 3.8) is 0 Å². The van der Waals surface area contributed by atoms with E-state index in [0.717, 1.165) is 5.56 Å². The van der Waals surface area contributed by atoms with Crippen LogP contribution in [0, 0.1) is 10.1 Å². The zero-order valence-corrected chi connectivity index (χ0v) is 8.77. The molecule has 2 N–H and O–H groups in total. The van der Waals surface area contributed by atoms with Crippen molar-refractivity contribution in [2.24, 2.45) is 0 Å². The van der Waals surface area contributed by atoms with Gasteiger partial charge in [0.25, 0.3) is 5.69 Å². The Morgan fingerprint density at radius 3 is 2.73 bits per heavy atom. The fourth-order valence-electron chi connectivity index (χ4n) is 1.10. The number of nitrogens with zero attached hydrogens (tertiary/aromatic N) is 1. The number of ether oxygens (including phenoxy) is 1. The van der Waals surface area contributed by atoms with Crippen molar-refractivity contribution in [3.05, 3.63) is 33.9 Å². The van der Waals surface area contributed by atoms with Gasteiger partial charge in [0.15, 0.2) is 0 Å². The second-order valence-corrected chi connectivity index (χ2v) is 3.51. The number of anilines is 1. The molecule has 1 aromatic carbocycles. The Morgan fingerprint density at radius 2 is 2.20 bits per heavy atom. The van der Waals surface area contributed by atoms with Crippen molar-refractivity contribution in [3.8, 4) is 0 Å². The summed E-state index contributed by atoms with van der Waals surface area (Å²) in [5.74, 6) is 0. The number of nitrogens with two attached hydrogens (primary N) is 1. The molecule has 1 aromatic rings. The van der Waals surface area contributed by atoms with Gasteiger partial charge in [-0.1, -0.05) is 6.07 Å². The molecular weight excluding hydrogens is 196 g/mol. The van der Waals surface area contributed by atoms with Gasteiger partial charge in [-0.3, -0.25) is 10.1 Å². The molecule has 0 heterocycles. The van der Waals surface area contributed by atoms with Gasteiger partial charge in [0, 0.05) is 6.07 Å². The monoisotopic (exact) mass is 210 g/mol. The summed E-state index contributed by atoms with van der Waals surface area (Å²) in [6, 6.07) is 4.69. The standard InChI is InChI=1S/C10H14N2O3/c1-7(2)15-6-8-3-4-9(11)10(5-8)12(13)14/h3-5,7H,6,11H2,1-2H3. The highest BCUT2D eigenvalue weighted by Gasteiger charge is 2.11. The molecule has 0 aliphatic rings. The van der Waals surface area contributed by atoms with E-state index in [1.54, 1.807) is 6.07 Å². The summed E-state index contributed by atoms with van der Waals surface area (Å²) in [5.41, 5.74) is 6.32. The van der Waals surface area contributed by atoms with E-state index < -0.39 is 4.92 Å². The van der Waals surface area contributed by atoms with Crippen LogP contribution in [0.25, 0.3) is 0 Å². The van der Waals surface area contributed by atoms with Gasteiger partial charge in [0.1, 0.15) is 5.69 Å². The predicted molar refractivity (Wildman–Crippen MR) is 57.4 cm³/mol. The number of hydrogen-bond acceptors (Lipinski definition) is 4. The van der Waals surface area contributed by atoms with Crippen LogP contribution in [0.5, 0.6) is 0 Å². The van der Waals surface area contributed by atoms with E-state index in [4.69, 9.17) is 10.5 Å². The third-order valence-electron chi connectivity index (χ3n) is 1.87. The highest BCUT2D eigenvalue weighted by Crippen LogP contribution is 2.22. The Bertz CT molecular complexity index is 364. The van der Waals surface area contributed by atoms with Crippen LogP contribution in [0.1, 0.15) is 19.4 Å². The van der Waals surface area contributed by atoms with E-state index in [1.165, 1.54) is 12.1 Å². The molecule has 0 aromatic heterocycles. The van der Waals surface area contributed by atoms with Crippen LogP contribution < -0.4 is 5.73 Å². The van der Waals surface area contributed by atoms with E-state index in [-0.39, 0.29) is 17.5 Å². The Morgan fingerprint density at radius 1 is 1.53 bits per heavy atom. The molecule has 1 rings (SSSR count). The van der Waals surface area contributed by atoms with Crippen molar-refractivity contribution >= 4 is 11.4 Å². The molecule has 0 spiro atoms. The Balaban J connectivity index is 2.83. The lowest BCUT2D eigenvalue weighted by molar-refractivity contribution is -0.384. The van der Waals surface area contributed by atoms with Gasteiger partial charge in [-0.25, -0.2) is 0 Å². The number of nitro benzene ring substituents is 1. The minimum atomic E-state index is -0.492.